The number of aryl methyl sites for hydroxylation is 2. The molecule has 0 saturated heterocycles. The number of nitrogens with zero attached hydrogens (tertiary/aromatic N) is 2. The van der Waals surface area contributed by atoms with E-state index < -0.39 is 0 Å². The normalized spacial score (nSPS) is 18.8. The van der Waals surface area contributed by atoms with E-state index in [2.05, 4.69) is 17.3 Å². The number of rotatable bonds is 4. The van der Waals surface area contributed by atoms with Crippen LogP contribution in [0.25, 0.3) is 0 Å². The fraction of sp³-hybridized carbons (Fsp3) is 0.769. The minimum Gasteiger partial charge on any atom is -0.394 e. The first-order valence-corrected chi connectivity index (χ1v) is 6.43. The molecule has 1 aromatic rings. The maximum absolute atomic E-state index is 9.56. The van der Waals surface area contributed by atoms with E-state index in [1.165, 1.54) is 24.1 Å². The van der Waals surface area contributed by atoms with Crippen LogP contribution in [0.1, 0.15) is 42.6 Å². The van der Waals surface area contributed by atoms with E-state index in [0.29, 0.717) is 0 Å². The average Bonchev–Trinajstić information content (AvgIpc) is 2.86. The van der Waals surface area contributed by atoms with Crippen LogP contribution >= 0.6 is 0 Å². The second-order valence-electron chi connectivity index (χ2n) is 5.27. The highest BCUT2D eigenvalue weighted by Crippen LogP contribution is 2.29. The van der Waals surface area contributed by atoms with Gasteiger partial charge in [0.2, 0.25) is 0 Å². The van der Waals surface area contributed by atoms with Crippen LogP contribution < -0.4 is 5.32 Å². The Kier molecular flexibility index (Phi) is 3.54. The third-order valence-corrected chi connectivity index (χ3v) is 4.16. The molecule has 2 N–H and O–H groups in total. The van der Waals surface area contributed by atoms with Crippen molar-refractivity contribution < 1.29 is 5.11 Å². The summed E-state index contributed by atoms with van der Waals surface area (Å²) in [6.45, 7) is 5.19. The fourth-order valence-electron chi connectivity index (χ4n) is 2.79. The van der Waals surface area contributed by atoms with Crippen LogP contribution in [0.2, 0.25) is 0 Å². The first-order chi connectivity index (χ1) is 8.08. The van der Waals surface area contributed by atoms with Gasteiger partial charge >= 0.3 is 0 Å². The summed E-state index contributed by atoms with van der Waals surface area (Å²) in [5.41, 5.74) is 3.52. The third kappa shape index (κ3) is 2.38. The Morgan fingerprint density at radius 1 is 1.35 bits per heavy atom. The second kappa shape index (κ2) is 4.78. The Bertz CT molecular complexity index is 392. The molecule has 0 spiro atoms. The molecule has 0 aromatic carbocycles. The predicted octanol–water partition coefficient (Wildman–Crippen LogP) is 1.43. The van der Waals surface area contributed by atoms with Crippen molar-refractivity contribution in [2.24, 2.45) is 7.05 Å². The van der Waals surface area contributed by atoms with Crippen LogP contribution in [0.3, 0.4) is 0 Å². The summed E-state index contributed by atoms with van der Waals surface area (Å²) in [5, 5.41) is 17.5. The summed E-state index contributed by atoms with van der Waals surface area (Å²) in [4.78, 5) is 0. The van der Waals surface area contributed by atoms with Crippen LogP contribution in [0.5, 0.6) is 0 Å². The molecule has 4 nitrogen and oxygen atoms in total. The van der Waals surface area contributed by atoms with Gasteiger partial charge in [0, 0.05) is 30.4 Å². The van der Waals surface area contributed by atoms with Crippen LogP contribution in [-0.4, -0.2) is 27.0 Å². The molecular weight excluding hydrogens is 214 g/mol. The summed E-state index contributed by atoms with van der Waals surface area (Å²) >= 11 is 0. The van der Waals surface area contributed by atoms with E-state index in [1.807, 2.05) is 18.7 Å². The van der Waals surface area contributed by atoms with Gasteiger partial charge in [-0.25, -0.2) is 0 Å². The van der Waals surface area contributed by atoms with Gasteiger partial charge in [0.25, 0.3) is 0 Å². The topological polar surface area (TPSA) is 50.1 Å². The summed E-state index contributed by atoms with van der Waals surface area (Å²) in [7, 11) is 1.98. The molecule has 0 amide bonds. The molecular formula is C13H23N3O. The zero-order valence-electron chi connectivity index (χ0n) is 11.1. The van der Waals surface area contributed by atoms with Gasteiger partial charge in [-0.1, -0.05) is 12.8 Å². The van der Waals surface area contributed by atoms with E-state index in [1.54, 1.807) is 0 Å². The lowest BCUT2D eigenvalue weighted by Crippen LogP contribution is -2.45. The lowest BCUT2D eigenvalue weighted by molar-refractivity contribution is 0.163. The van der Waals surface area contributed by atoms with Crippen molar-refractivity contribution in [1.82, 2.24) is 15.1 Å². The standard InChI is InChI=1S/C13H23N3O/c1-10-12(11(2)16(3)15-10)8-14-13(9-17)6-4-5-7-13/h14,17H,4-9H2,1-3H3. The zero-order valence-corrected chi connectivity index (χ0v) is 11.1. The second-order valence-corrected chi connectivity index (χ2v) is 5.27. The lowest BCUT2D eigenvalue weighted by atomic mass is 9.98. The van der Waals surface area contributed by atoms with Crippen molar-refractivity contribution in [2.75, 3.05) is 6.61 Å². The number of hydrogen-bond donors (Lipinski definition) is 2. The molecule has 1 saturated carbocycles. The van der Waals surface area contributed by atoms with Crippen molar-refractivity contribution in [3.8, 4) is 0 Å². The van der Waals surface area contributed by atoms with Crippen LogP contribution in [0, 0.1) is 13.8 Å². The van der Waals surface area contributed by atoms with E-state index >= 15 is 0 Å². The molecule has 1 aromatic heterocycles. The Morgan fingerprint density at radius 3 is 2.47 bits per heavy atom. The smallest absolute Gasteiger partial charge is 0.0641 e. The molecule has 0 aliphatic heterocycles. The Balaban J connectivity index is 2.06. The van der Waals surface area contributed by atoms with E-state index in [4.69, 9.17) is 0 Å². The first-order valence-electron chi connectivity index (χ1n) is 6.43. The molecule has 17 heavy (non-hydrogen) atoms. The molecule has 1 aliphatic rings. The van der Waals surface area contributed by atoms with Crippen LogP contribution in [-0.2, 0) is 13.6 Å². The zero-order chi connectivity index (χ0) is 12.5. The van der Waals surface area contributed by atoms with E-state index in [0.717, 1.165) is 25.1 Å². The molecule has 1 heterocycles. The van der Waals surface area contributed by atoms with Crippen molar-refractivity contribution in [3.63, 3.8) is 0 Å². The molecule has 0 bridgehead atoms. The molecule has 0 atom stereocenters. The fourth-order valence-corrected chi connectivity index (χ4v) is 2.79. The number of nitrogens with one attached hydrogen (secondary N) is 1. The van der Waals surface area contributed by atoms with Gasteiger partial charge in [0.05, 0.1) is 12.3 Å². The minimum atomic E-state index is -0.0469. The number of hydrogen-bond acceptors (Lipinski definition) is 3. The number of aliphatic hydroxyl groups is 1. The Labute approximate surface area is 103 Å². The third-order valence-electron chi connectivity index (χ3n) is 4.16. The van der Waals surface area contributed by atoms with Gasteiger partial charge in [-0.3, -0.25) is 4.68 Å². The number of aliphatic hydroxyl groups excluding tert-OH is 1. The largest absolute Gasteiger partial charge is 0.394 e. The van der Waals surface area contributed by atoms with Gasteiger partial charge < -0.3 is 10.4 Å². The number of aromatic nitrogens is 2. The van der Waals surface area contributed by atoms with Crippen molar-refractivity contribution >= 4 is 0 Å². The van der Waals surface area contributed by atoms with Gasteiger partial charge in [-0.05, 0) is 26.7 Å². The summed E-state index contributed by atoms with van der Waals surface area (Å²) in [6, 6.07) is 0. The first kappa shape index (κ1) is 12.6. The molecule has 1 aliphatic carbocycles. The monoisotopic (exact) mass is 237 g/mol. The maximum Gasteiger partial charge on any atom is 0.0641 e. The average molecular weight is 237 g/mol. The SMILES string of the molecule is Cc1nn(C)c(C)c1CNC1(CO)CCCC1. The highest BCUT2D eigenvalue weighted by molar-refractivity contribution is 5.24. The maximum atomic E-state index is 9.56. The minimum absolute atomic E-state index is 0.0469. The van der Waals surface area contributed by atoms with Crippen LogP contribution in [0.15, 0.2) is 0 Å². The molecule has 0 unspecified atom stereocenters. The highest BCUT2D eigenvalue weighted by Gasteiger charge is 2.32. The van der Waals surface area contributed by atoms with E-state index in [-0.39, 0.29) is 12.1 Å². The summed E-state index contributed by atoms with van der Waals surface area (Å²) < 4.78 is 1.92. The van der Waals surface area contributed by atoms with Gasteiger partial charge in [-0.15, -0.1) is 0 Å². The molecule has 1 fully saturated rings. The molecule has 96 valence electrons. The van der Waals surface area contributed by atoms with Crippen molar-refractivity contribution in [1.29, 1.82) is 0 Å². The molecule has 2 rings (SSSR count). The quantitative estimate of drug-likeness (QED) is 0.833. The highest BCUT2D eigenvalue weighted by atomic mass is 16.3. The van der Waals surface area contributed by atoms with Crippen LogP contribution in [0.4, 0.5) is 0 Å². The Morgan fingerprint density at radius 2 is 2.00 bits per heavy atom. The predicted molar refractivity (Wildman–Crippen MR) is 67.8 cm³/mol. The van der Waals surface area contributed by atoms with Crippen molar-refractivity contribution in [2.45, 2.75) is 51.6 Å². The molecule has 4 heteroatoms. The molecule has 0 radical (unpaired) electrons. The van der Waals surface area contributed by atoms with Gasteiger partial charge in [0.15, 0.2) is 0 Å². The van der Waals surface area contributed by atoms with Gasteiger partial charge in [-0.2, -0.15) is 5.10 Å². The Hall–Kier alpha value is -0.870. The van der Waals surface area contributed by atoms with Gasteiger partial charge in [0.1, 0.15) is 0 Å². The van der Waals surface area contributed by atoms with E-state index in [9.17, 15) is 5.11 Å². The summed E-state index contributed by atoms with van der Waals surface area (Å²) in [6.07, 6.45) is 4.61. The van der Waals surface area contributed by atoms with Crippen molar-refractivity contribution in [3.05, 3.63) is 17.0 Å². The lowest BCUT2D eigenvalue weighted by Gasteiger charge is -2.28. The summed E-state index contributed by atoms with van der Waals surface area (Å²) in [5.74, 6) is 0.